The highest BCUT2D eigenvalue weighted by molar-refractivity contribution is 6.21. The molecule has 2 saturated heterocycles. The smallest absolute Gasteiger partial charge is 0.0892 e. The number of quaternary nitrogens is 2. The average molecular weight is 543 g/mol. The van der Waals surface area contributed by atoms with Crippen molar-refractivity contribution < 1.29 is 8.97 Å². The second-order valence-electron chi connectivity index (χ2n) is 17.6. The molecule has 202 valence electrons. The van der Waals surface area contributed by atoms with Crippen LogP contribution in [0.5, 0.6) is 0 Å². The summed E-state index contributed by atoms with van der Waals surface area (Å²) in [5.41, 5.74) is 30.0. The van der Waals surface area contributed by atoms with E-state index in [0.717, 1.165) is 15.4 Å². The minimum atomic E-state index is 0.270. The maximum Gasteiger partial charge on any atom is 0.0892 e. The average Bonchev–Trinajstić information content (AvgIpc) is 3.74. The summed E-state index contributed by atoms with van der Waals surface area (Å²) in [6.45, 7) is 5.15. The summed E-state index contributed by atoms with van der Waals surface area (Å²) in [4.78, 5) is 0. The molecule has 2 heteroatoms. The van der Waals surface area contributed by atoms with Crippen molar-refractivity contribution in [3.63, 3.8) is 0 Å². The minimum absolute atomic E-state index is 0.270. The van der Waals surface area contributed by atoms with E-state index in [0.29, 0.717) is 29.6 Å². The Hall–Kier alpha value is -3.20. The van der Waals surface area contributed by atoms with E-state index in [2.05, 4.69) is 58.5 Å². The van der Waals surface area contributed by atoms with Crippen molar-refractivity contribution >= 4 is 21.9 Å². The highest BCUT2D eigenvalue weighted by atomic mass is 15.3. The third-order valence-electron chi connectivity index (χ3n) is 14.8. The van der Waals surface area contributed by atoms with Crippen LogP contribution >= 0.6 is 0 Å². The second kappa shape index (κ2) is 5.35. The summed E-state index contributed by atoms with van der Waals surface area (Å²) in [7, 11) is 10.0. The summed E-state index contributed by atoms with van der Waals surface area (Å²) in [6, 6.07) is 13.4. The zero-order valence-electron chi connectivity index (χ0n) is 24.9. The molecule has 2 fully saturated rings. The molecule has 10 aliphatic rings. The summed E-state index contributed by atoms with van der Waals surface area (Å²) < 4.78 is 2.31. The van der Waals surface area contributed by atoms with E-state index in [4.69, 9.17) is 0 Å². The Kier molecular flexibility index (Phi) is 2.63. The molecule has 6 unspecified atom stereocenters. The summed E-state index contributed by atoms with van der Waals surface area (Å²) in [5.74, 6) is 3.08. The van der Waals surface area contributed by atoms with Gasteiger partial charge in [0.15, 0.2) is 0 Å². The zero-order chi connectivity index (χ0) is 27.1. The molecular formula is C40H34N2+2. The van der Waals surface area contributed by atoms with Gasteiger partial charge in [-0.25, -0.2) is 0 Å². The summed E-state index contributed by atoms with van der Waals surface area (Å²) in [6.07, 6.45) is 2.42. The second-order valence-corrected chi connectivity index (χ2v) is 17.6. The number of likely N-dealkylation sites (N-methyl/N-ethyl adjacent to an activating group) is 2. The predicted octanol–water partition coefficient (Wildman–Crippen LogP) is 6.86. The number of hydrogen-bond donors (Lipinski definition) is 0. The fourth-order valence-corrected chi connectivity index (χ4v) is 14.3. The number of fused-ring (bicyclic) bond motifs is 4. The molecule has 6 atom stereocenters. The Morgan fingerprint density at radius 2 is 1.36 bits per heavy atom. The van der Waals surface area contributed by atoms with Gasteiger partial charge >= 0.3 is 0 Å². The molecule has 0 radical (unpaired) electrons. The van der Waals surface area contributed by atoms with E-state index in [1.807, 2.05) is 16.7 Å². The van der Waals surface area contributed by atoms with Gasteiger partial charge in [-0.2, -0.15) is 0 Å². The lowest BCUT2D eigenvalue weighted by molar-refractivity contribution is -0.880. The fraction of sp³-hybridized carbons (Fsp3) is 0.400. The summed E-state index contributed by atoms with van der Waals surface area (Å²) in [5, 5.41) is 3.21. The number of rotatable bonds is 0. The van der Waals surface area contributed by atoms with Gasteiger partial charge < -0.3 is 8.97 Å². The SMILES string of the molecule is C[N+]1(C)CC2c3cc4c5c6c3-c3c(cc7c8c3C6C3C6=C5C5(C4)C[N+](C)(C)CC5c4ccc5cc(c-8c3c5c46)C7)C2C1. The van der Waals surface area contributed by atoms with E-state index in [9.17, 15) is 0 Å². The largest absolute Gasteiger partial charge is 0.327 e. The Bertz CT molecular complexity index is 2290. The van der Waals surface area contributed by atoms with Crippen molar-refractivity contribution in [2.75, 3.05) is 54.4 Å². The fourth-order valence-electron chi connectivity index (χ4n) is 14.3. The van der Waals surface area contributed by atoms with Crippen LogP contribution in [0.2, 0.25) is 0 Å². The summed E-state index contributed by atoms with van der Waals surface area (Å²) >= 11 is 0. The third-order valence-corrected chi connectivity index (χ3v) is 14.8. The lowest BCUT2D eigenvalue weighted by atomic mass is 9.57. The van der Waals surface area contributed by atoms with Gasteiger partial charge in [-0.3, -0.25) is 0 Å². The topological polar surface area (TPSA) is 0 Å². The molecule has 0 saturated carbocycles. The van der Waals surface area contributed by atoms with E-state index in [1.54, 1.807) is 83.3 Å². The molecule has 1 spiro atoms. The van der Waals surface area contributed by atoms with Crippen LogP contribution in [0.4, 0.5) is 0 Å². The van der Waals surface area contributed by atoms with Gasteiger partial charge in [0.1, 0.15) is 0 Å². The van der Waals surface area contributed by atoms with Crippen LogP contribution in [0.1, 0.15) is 90.8 Å². The molecule has 8 aliphatic carbocycles. The van der Waals surface area contributed by atoms with E-state index >= 15 is 0 Å². The van der Waals surface area contributed by atoms with Gasteiger partial charge in [-0.05, 0) is 118 Å². The molecule has 2 aliphatic heterocycles. The molecule has 0 amide bonds. The van der Waals surface area contributed by atoms with Crippen LogP contribution in [-0.2, 0) is 12.8 Å². The number of nitrogens with zero attached hydrogens (tertiary/aromatic N) is 2. The van der Waals surface area contributed by atoms with Crippen LogP contribution in [0.15, 0.2) is 30.3 Å². The van der Waals surface area contributed by atoms with Gasteiger partial charge in [0, 0.05) is 29.6 Å². The quantitative estimate of drug-likeness (QED) is 0.188. The molecule has 0 aromatic heterocycles. The third kappa shape index (κ3) is 1.68. The Morgan fingerprint density at radius 3 is 2.17 bits per heavy atom. The van der Waals surface area contributed by atoms with Gasteiger partial charge in [0.25, 0.3) is 0 Å². The van der Waals surface area contributed by atoms with Crippen molar-refractivity contribution in [1.29, 1.82) is 0 Å². The van der Waals surface area contributed by atoms with Crippen molar-refractivity contribution in [2.45, 2.75) is 42.4 Å². The Balaban J connectivity index is 1.27. The molecule has 2 nitrogen and oxygen atoms in total. The Labute approximate surface area is 246 Å². The van der Waals surface area contributed by atoms with Crippen LogP contribution in [-0.4, -0.2) is 63.3 Å². The lowest BCUT2D eigenvalue weighted by Crippen LogP contribution is -2.40. The number of benzene rings is 4. The minimum Gasteiger partial charge on any atom is -0.327 e. The van der Waals surface area contributed by atoms with Crippen LogP contribution < -0.4 is 0 Å². The molecule has 0 bridgehead atoms. The van der Waals surface area contributed by atoms with Crippen LogP contribution in [0.25, 0.3) is 44.2 Å². The standard InChI is InChI=1S/C40H34N2/c1-41(2)12-23-21-9-18-8-17-7-16-5-6-20-25-14-42(3,4)15-40(25)11-19-10-22(24(23)13-41)32-31(21)34-28(18)27(17)33-26(16)30(20)38-37(33)36(34)35(32)29(19)39(38)40/h5-7,9-10,23-25,36-37H,8,11-15H2,1-4H3/q+2. The predicted molar refractivity (Wildman–Crippen MR) is 167 cm³/mol. The molecule has 2 heterocycles. The van der Waals surface area contributed by atoms with E-state index in [1.165, 1.54) is 38.0 Å². The Morgan fingerprint density at radius 1 is 0.643 bits per heavy atom. The van der Waals surface area contributed by atoms with E-state index in [-0.39, 0.29) is 5.41 Å². The molecule has 14 rings (SSSR count). The van der Waals surface area contributed by atoms with E-state index < -0.39 is 0 Å². The molecule has 4 aromatic rings. The molecule has 4 aromatic carbocycles. The molecular weight excluding hydrogens is 508 g/mol. The van der Waals surface area contributed by atoms with Gasteiger partial charge in [-0.15, -0.1) is 0 Å². The van der Waals surface area contributed by atoms with Crippen molar-refractivity contribution in [1.82, 2.24) is 0 Å². The first kappa shape index (κ1) is 20.7. The number of allylic oxidation sites excluding steroid dienone is 1. The normalized spacial score (nSPS) is 35.7. The zero-order valence-corrected chi connectivity index (χ0v) is 24.9. The van der Waals surface area contributed by atoms with Crippen molar-refractivity contribution in [3.05, 3.63) is 91.5 Å². The highest BCUT2D eigenvalue weighted by Crippen LogP contribution is 2.80. The lowest BCUT2D eigenvalue weighted by Gasteiger charge is -2.43. The van der Waals surface area contributed by atoms with Crippen LogP contribution in [0.3, 0.4) is 0 Å². The highest BCUT2D eigenvalue weighted by Gasteiger charge is 2.68. The van der Waals surface area contributed by atoms with Crippen molar-refractivity contribution in [3.8, 4) is 22.3 Å². The van der Waals surface area contributed by atoms with Crippen molar-refractivity contribution in [2.24, 2.45) is 5.41 Å². The maximum atomic E-state index is 2.83. The number of likely N-dealkylation sites (tertiary alicyclic amines) is 2. The van der Waals surface area contributed by atoms with Gasteiger partial charge in [-0.1, -0.05) is 30.3 Å². The first-order valence-corrected chi connectivity index (χ1v) is 16.7. The van der Waals surface area contributed by atoms with Gasteiger partial charge in [0.05, 0.1) is 59.8 Å². The van der Waals surface area contributed by atoms with Gasteiger partial charge in [0.2, 0.25) is 0 Å². The number of hydrogen-bond acceptors (Lipinski definition) is 0. The first-order valence-electron chi connectivity index (χ1n) is 16.7. The monoisotopic (exact) mass is 542 g/mol. The van der Waals surface area contributed by atoms with Crippen LogP contribution in [0, 0.1) is 5.41 Å². The first-order chi connectivity index (χ1) is 20.2. The molecule has 42 heavy (non-hydrogen) atoms. The maximum absolute atomic E-state index is 2.83. The molecule has 0 N–H and O–H groups in total.